The molecular weight excluding hydrogens is 782 g/mol. The second-order valence-electron chi connectivity index (χ2n) is 9.39. The predicted molar refractivity (Wildman–Crippen MR) is 132 cm³/mol. The third-order valence-electron chi connectivity index (χ3n) is 4.70. The lowest BCUT2D eigenvalue weighted by Gasteiger charge is -2.33. The Labute approximate surface area is 260 Å². The van der Waals surface area contributed by atoms with Gasteiger partial charge in [-0.1, -0.05) is 0 Å². The summed E-state index contributed by atoms with van der Waals surface area (Å²) in [4.78, 5) is 0. The fourth-order valence-electron chi connectivity index (χ4n) is 2.65. The highest BCUT2D eigenvalue weighted by molar-refractivity contribution is 7.78. The number of hydrogen-bond donors (Lipinski definition) is 0. The van der Waals surface area contributed by atoms with Crippen LogP contribution in [0.4, 0.5) is 74.6 Å². The Balaban J connectivity index is 4.07. The number of alkyl halides is 17. The van der Waals surface area contributed by atoms with Gasteiger partial charge in [0, 0.05) is 6.42 Å². The summed E-state index contributed by atoms with van der Waals surface area (Å²) in [6.07, 6.45) is -36.6. The van der Waals surface area contributed by atoms with E-state index in [2.05, 4.69) is 13.5 Å². The normalized spacial score (nSPS) is 20.6. The van der Waals surface area contributed by atoms with Crippen LogP contribution in [0.2, 0.25) is 0 Å². The van der Waals surface area contributed by atoms with Gasteiger partial charge in [0.1, 0.15) is 0 Å². The van der Waals surface area contributed by atoms with Gasteiger partial charge >= 0.3 is 53.9 Å². The van der Waals surface area contributed by atoms with Crippen LogP contribution in [0.5, 0.6) is 0 Å². The highest BCUT2D eigenvalue weighted by atomic mass is 31.3. The van der Waals surface area contributed by atoms with Crippen molar-refractivity contribution in [3.05, 3.63) is 0 Å². The Morgan fingerprint density at radius 3 is 0.646 bits per heavy atom. The maximum absolute atomic E-state index is 13.6. The average Bonchev–Trinajstić information content (AvgIpc) is 2.78. The second-order valence-corrected chi connectivity index (χ2v) is 16.0. The van der Waals surface area contributed by atoms with Crippen LogP contribution in [0, 0.1) is 0 Å². The van der Waals surface area contributed by atoms with Gasteiger partial charge in [-0.3, -0.25) is 0 Å². The van der Waals surface area contributed by atoms with E-state index in [9.17, 15) is 74.6 Å². The highest BCUT2D eigenvalue weighted by Gasteiger charge is 2.46. The summed E-state index contributed by atoms with van der Waals surface area (Å²) in [5, 5.41) is 0. The van der Waals surface area contributed by atoms with Crippen LogP contribution >= 0.6 is 23.0 Å². The minimum atomic E-state index is -5.41. The van der Waals surface area contributed by atoms with Crippen molar-refractivity contribution >= 4 is 23.0 Å². The summed E-state index contributed by atoms with van der Waals surface area (Å²) in [5.74, 6) is -3.63. The van der Waals surface area contributed by atoms with E-state index in [1.807, 2.05) is 0 Å². The molecule has 0 bridgehead atoms. The number of rotatable bonds is 19. The predicted octanol–water partition coefficient (Wildman–Crippen LogP) is 11.7. The molecule has 0 aromatic carbocycles. The molecule has 0 amide bonds. The topological polar surface area (TPSA) is 92.5 Å². The van der Waals surface area contributed by atoms with Crippen LogP contribution in [0.1, 0.15) is 45.4 Å². The Morgan fingerprint density at radius 1 is 0.333 bits per heavy atom. The van der Waals surface area contributed by atoms with Crippen LogP contribution in [-0.2, 0) is 27.1 Å². The summed E-state index contributed by atoms with van der Waals surface area (Å²) in [6, 6.07) is 0. The van der Waals surface area contributed by atoms with Crippen molar-refractivity contribution in [2.24, 2.45) is 13.5 Å². The molecule has 29 heteroatoms. The molecule has 1 aliphatic heterocycles. The van der Waals surface area contributed by atoms with Crippen molar-refractivity contribution < 1.29 is 102 Å². The Hall–Kier alpha value is -0.740. The van der Waals surface area contributed by atoms with Gasteiger partial charge in [-0.05, 0) is 6.92 Å². The van der Waals surface area contributed by atoms with E-state index in [0.29, 0.717) is 6.92 Å². The monoisotopic (exact) mass is 809 g/mol. The molecular formula is C19H27F17N3O6P3. The summed E-state index contributed by atoms with van der Waals surface area (Å²) in [7, 11) is -16.1. The molecule has 9 nitrogen and oxygen atoms in total. The summed E-state index contributed by atoms with van der Waals surface area (Å²) >= 11 is 0. The van der Waals surface area contributed by atoms with E-state index < -0.39 is 138 Å². The lowest BCUT2D eigenvalue weighted by Crippen LogP contribution is -2.17. The fraction of sp³-hybridized carbons (Fsp3) is 1.00. The van der Waals surface area contributed by atoms with E-state index in [1.165, 1.54) is 0 Å². The third-order valence-corrected chi connectivity index (χ3v) is 13.2. The molecule has 48 heavy (non-hydrogen) atoms. The third kappa shape index (κ3) is 20.8. The van der Waals surface area contributed by atoms with Crippen LogP contribution in [0.15, 0.2) is 13.5 Å². The average molecular weight is 809 g/mol. The number of halogens is 17. The van der Waals surface area contributed by atoms with E-state index >= 15 is 0 Å². The SMILES string of the molecule is CC(F)(F)CCOP1(OCCC(F)(F)F)=NP(OCCC(F)(F)F)(OCCC(F)(F)F)=NP(OCCC(F)(F)F)(OCCC(F)(F)F)=N1. The van der Waals surface area contributed by atoms with Gasteiger partial charge in [0.2, 0.25) is 5.92 Å². The first-order valence-corrected chi connectivity index (χ1v) is 17.5. The molecule has 0 spiro atoms. The van der Waals surface area contributed by atoms with Crippen LogP contribution < -0.4 is 0 Å². The van der Waals surface area contributed by atoms with E-state index in [1.54, 1.807) is 0 Å². The molecule has 1 aliphatic rings. The minimum Gasteiger partial charge on any atom is -0.306 e. The molecule has 1 rings (SSSR count). The molecule has 0 aliphatic carbocycles. The highest BCUT2D eigenvalue weighted by Crippen LogP contribution is 2.80. The molecule has 288 valence electrons. The first-order valence-electron chi connectivity index (χ1n) is 12.9. The Bertz CT molecular complexity index is 949. The molecule has 0 fully saturated rings. The zero-order valence-corrected chi connectivity index (χ0v) is 26.7. The molecule has 1 heterocycles. The minimum absolute atomic E-state index is 0.298. The van der Waals surface area contributed by atoms with E-state index in [0.717, 1.165) is 0 Å². The maximum atomic E-state index is 13.6. The summed E-state index contributed by atoms with van der Waals surface area (Å²) in [5.41, 5.74) is 0. The van der Waals surface area contributed by atoms with Gasteiger partial charge < -0.3 is 27.1 Å². The molecule has 0 N–H and O–H groups in total. The quantitative estimate of drug-likeness (QED) is 0.0953. The fourth-order valence-corrected chi connectivity index (χ4v) is 12.1. The van der Waals surface area contributed by atoms with Gasteiger partial charge in [-0.15, -0.1) is 13.5 Å². The molecule has 0 saturated carbocycles. The molecule has 0 aromatic rings. The van der Waals surface area contributed by atoms with Crippen molar-refractivity contribution in [1.29, 1.82) is 0 Å². The van der Waals surface area contributed by atoms with Crippen LogP contribution in [0.3, 0.4) is 0 Å². The van der Waals surface area contributed by atoms with E-state index in [-0.39, 0.29) is 0 Å². The Morgan fingerprint density at radius 2 is 0.500 bits per heavy atom. The first kappa shape index (κ1) is 45.3. The molecule has 1 atom stereocenters. The first-order chi connectivity index (χ1) is 21.4. The zero-order chi connectivity index (χ0) is 37.3. The standard InChI is InChI=1S/C19H27F17N3O6P3/c1-14(20,21)2-8-40-46(41-9-3-15(22,23)24)37-47(42-10-4-16(25,26)27,43-11-5-17(28,29)30)39-48(38-46,44-12-6-18(31,32)33)45-13-7-19(34,35)36/h2-13H2,1H3. The summed E-state index contributed by atoms with van der Waals surface area (Å²) in [6.45, 7) is -9.20. The van der Waals surface area contributed by atoms with Gasteiger partial charge in [-0.2, -0.15) is 65.9 Å². The van der Waals surface area contributed by atoms with Crippen LogP contribution in [0.25, 0.3) is 0 Å². The largest absolute Gasteiger partial charge is 0.391 e. The van der Waals surface area contributed by atoms with Crippen LogP contribution in [-0.4, -0.2) is 76.4 Å². The van der Waals surface area contributed by atoms with Crippen molar-refractivity contribution in [1.82, 2.24) is 0 Å². The van der Waals surface area contributed by atoms with Gasteiger partial charge in [0.25, 0.3) is 0 Å². The lowest BCUT2D eigenvalue weighted by molar-refractivity contribution is -0.142. The zero-order valence-electron chi connectivity index (χ0n) is 24.0. The smallest absolute Gasteiger partial charge is 0.306 e. The van der Waals surface area contributed by atoms with Crippen molar-refractivity contribution in [2.45, 2.75) is 82.3 Å². The second kappa shape index (κ2) is 17.2. The molecule has 0 saturated heterocycles. The maximum Gasteiger partial charge on any atom is 0.391 e. The molecule has 0 aromatic heterocycles. The number of hydrogen-bond acceptors (Lipinski definition) is 9. The van der Waals surface area contributed by atoms with Crippen molar-refractivity contribution in [2.75, 3.05) is 39.6 Å². The molecule has 0 radical (unpaired) electrons. The van der Waals surface area contributed by atoms with Crippen molar-refractivity contribution in [3.63, 3.8) is 0 Å². The van der Waals surface area contributed by atoms with Crippen molar-refractivity contribution in [3.8, 4) is 0 Å². The van der Waals surface area contributed by atoms with E-state index in [4.69, 9.17) is 27.1 Å². The van der Waals surface area contributed by atoms with Gasteiger partial charge in [-0.25, -0.2) is 8.78 Å². The lowest BCUT2D eigenvalue weighted by atomic mass is 10.3. The number of nitrogens with zero attached hydrogens (tertiary/aromatic N) is 3. The Kier molecular flexibility index (Phi) is 16.2. The molecule has 1 unspecified atom stereocenters. The summed E-state index contributed by atoms with van der Waals surface area (Å²) < 4.78 is 261. The van der Waals surface area contributed by atoms with Gasteiger partial charge in [0.05, 0.1) is 71.7 Å². The van der Waals surface area contributed by atoms with Gasteiger partial charge in [0.15, 0.2) is 0 Å².